The summed E-state index contributed by atoms with van der Waals surface area (Å²) in [6.45, 7) is 7.19. The summed E-state index contributed by atoms with van der Waals surface area (Å²) in [6.07, 6.45) is 4.04. The van der Waals surface area contributed by atoms with Crippen LogP contribution in [0.3, 0.4) is 0 Å². The van der Waals surface area contributed by atoms with Gasteiger partial charge in [0.25, 0.3) is 0 Å². The molecule has 2 heteroatoms. The first-order valence-corrected chi connectivity index (χ1v) is 7.28. The average Bonchev–Trinajstić information content (AvgIpc) is 2.85. The minimum atomic E-state index is 0.712. The van der Waals surface area contributed by atoms with Gasteiger partial charge in [0, 0.05) is 0 Å². The monoisotopic (exact) mass is 247 g/mol. The van der Waals surface area contributed by atoms with Gasteiger partial charge in [-0.25, -0.2) is 0 Å². The Morgan fingerprint density at radius 2 is 2.17 bits per heavy atom. The first-order valence-electron chi connectivity index (χ1n) is 7.28. The Bertz CT molecular complexity index is 364. The van der Waals surface area contributed by atoms with E-state index < -0.39 is 0 Å². The summed E-state index contributed by atoms with van der Waals surface area (Å²) in [6, 6.07) is 8.68. The van der Waals surface area contributed by atoms with Crippen molar-refractivity contribution in [2.75, 3.05) is 19.7 Å². The van der Waals surface area contributed by atoms with E-state index in [1.54, 1.807) is 0 Å². The molecule has 2 rings (SSSR count). The van der Waals surface area contributed by atoms with Crippen LogP contribution in [0.4, 0.5) is 0 Å². The van der Waals surface area contributed by atoms with Gasteiger partial charge < -0.3 is 10.1 Å². The second kappa shape index (κ2) is 6.79. The van der Waals surface area contributed by atoms with Crippen molar-refractivity contribution < 1.29 is 4.74 Å². The Kier molecular flexibility index (Phi) is 5.06. The van der Waals surface area contributed by atoms with Crippen LogP contribution in [0.1, 0.15) is 44.6 Å². The quantitative estimate of drug-likeness (QED) is 0.829. The second-order valence-electron chi connectivity index (χ2n) is 5.11. The van der Waals surface area contributed by atoms with Crippen LogP contribution in [0.5, 0.6) is 5.75 Å². The molecule has 1 fully saturated rings. The number of rotatable bonds is 6. The zero-order valence-corrected chi connectivity index (χ0v) is 11.6. The fourth-order valence-electron chi connectivity index (χ4n) is 3.05. The zero-order valence-electron chi connectivity index (χ0n) is 11.6. The normalized spacial score (nSPS) is 23.2. The van der Waals surface area contributed by atoms with Gasteiger partial charge in [-0.1, -0.05) is 25.5 Å². The minimum absolute atomic E-state index is 0.712. The molecule has 2 atom stereocenters. The molecule has 1 aromatic carbocycles. The molecule has 1 aliphatic carbocycles. The second-order valence-corrected chi connectivity index (χ2v) is 5.11. The van der Waals surface area contributed by atoms with Crippen molar-refractivity contribution >= 4 is 0 Å². The fourth-order valence-corrected chi connectivity index (χ4v) is 3.05. The van der Waals surface area contributed by atoms with Gasteiger partial charge in [0.15, 0.2) is 0 Å². The van der Waals surface area contributed by atoms with Crippen LogP contribution in [-0.2, 0) is 0 Å². The van der Waals surface area contributed by atoms with E-state index in [-0.39, 0.29) is 0 Å². The maximum atomic E-state index is 5.61. The molecule has 0 bridgehead atoms. The Balaban J connectivity index is 2.06. The third kappa shape index (κ3) is 3.26. The lowest BCUT2D eigenvalue weighted by atomic mass is 9.89. The summed E-state index contributed by atoms with van der Waals surface area (Å²) in [5.41, 5.74) is 1.46. The third-order valence-corrected chi connectivity index (χ3v) is 3.91. The van der Waals surface area contributed by atoms with Crippen molar-refractivity contribution in [1.29, 1.82) is 0 Å². The zero-order chi connectivity index (χ0) is 12.8. The molecule has 0 heterocycles. The first-order chi connectivity index (χ1) is 8.85. The lowest BCUT2D eigenvalue weighted by Gasteiger charge is -2.20. The van der Waals surface area contributed by atoms with E-state index >= 15 is 0 Å². The highest BCUT2D eigenvalue weighted by molar-refractivity contribution is 5.31. The van der Waals surface area contributed by atoms with Crippen LogP contribution < -0.4 is 10.1 Å². The Morgan fingerprint density at radius 3 is 2.94 bits per heavy atom. The lowest BCUT2D eigenvalue weighted by molar-refractivity contribution is 0.339. The van der Waals surface area contributed by atoms with Gasteiger partial charge in [-0.3, -0.25) is 0 Å². The van der Waals surface area contributed by atoms with Crippen molar-refractivity contribution in [2.45, 2.75) is 39.0 Å². The highest BCUT2D eigenvalue weighted by atomic mass is 16.5. The number of ether oxygens (including phenoxy) is 1. The molecule has 1 aromatic rings. The van der Waals surface area contributed by atoms with Gasteiger partial charge in [-0.15, -0.1) is 0 Å². The van der Waals surface area contributed by atoms with Gasteiger partial charge in [0.05, 0.1) is 6.61 Å². The number of benzene rings is 1. The van der Waals surface area contributed by atoms with Crippen LogP contribution in [0.15, 0.2) is 24.3 Å². The van der Waals surface area contributed by atoms with E-state index in [1.165, 1.54) is 24.8 Å². The SMILES string of the molecule is CCNCC1CCCC1c1cccc(OCC)c1. The van der Waals surface area contributed by atoms with Crippen molar-refractivity contribution in [1.82, 2.24) is 5.32 Å². The van der Waals surface area contributed by atoms with E-state index in [0.717, 1.165) is 31.4 Å². The predicted octanol–water partition coefficient (Wildman–Crippen LogP) is 3.58. The topological polar surface area (TPSA) is 21.3 Å². The standard InChI is InChI=1S/C16H25NO/c1-3-17-12-14-8-6-10-16(14)13-7-5-9-15(11-13)18-4-2/h5,7,9,11,14,16-17H,3-4,6,8,10,12H2,1-2H3. The van der Waals surface area contributed by atoms with E-state index in [9.17, 15) is 0 Å². The van der Waals surface area contributed by atoms with Crippen LogP contribution in [0.2, 0.25) is 0 Å². The Morgan fingerprint density at radius 1 is 1.28 bits per heavy atom. The minimum Gasteiger partial charge on any atom is -0.494 e. The summed E-state index contributed by atoms with van der Waals surface area (Å²) in [5.74, 6) is 2.52. The number of hydrogen-bond donors (Lipinski definition) is 1. The molecule has 0 aliphatic heterocycles. The third-order valence-electron chi connectivity index (χ3n) is 3.91. The molecule has 18 heavy (non-hydrogen) atoms. The molecule has 2 nitrogen and oxygen atoms in total. The molecule has 1 aliphatic rings. The Labute approximate surface area is 111 Å². The van der Waals surface area contributed by atoms with E-state index in [4.69, 9.17) is 4.74 Å². The lowest BCUT2D eigenvalue weighted by Crippen LogP contribution is -2.24. The van der Waals surface area contributed by atoms with Crippen molar-refractivity contribution in [3.05, 3.63) is 29.8 Å². The molecule has 0 aromatic heterocycles. The summed E-state index contributed by atoms with van der Waals surface area (Å²) >= 11 is 0. The van der Waals surface area contributed by atoms with Gasteiger partial charge in [0.2, 0.25) is 0 Å². The van der Waals surface area contributed by atoms with E-state index in [1.807, 2.05) is 6.92 Å². The first kappa shape index (κ1) is 13.4. The van der Waals surface area contributed by atoms with Gasteiger partial charge in [0.1, 0.15) is 5.75 Å². The summed E-state index contributed by atoms with van der Waals surface area (Å²) in [5, 5.41) is 3.50. The van der Waals surface area contributed by atoms with Crippen LogP contribution in [0, 0.1) is 5.92 Å². The van der Waals surface area contributed by atoms with Crippen LogP contribution in [-0.4, -0.2) is 19.7 Å². The van der Waals surface area contributed by atoms with Gasteiger partial charge >= 0.3 is 0 Å². The molecule has 0 spiro atoms. The van der Waals surface area contributed by atoms with Crippen molar-refractivity contribution in [3.63, 3.8) is 0 Å². The highest BCUT2D eigenvalue weighted by Gasteiger charge is 2.28. The summed E-state index contributed by atoms with van der Waals surface area (Å²) in [4.78, 5) is 0. The number of hydrogen-bond acceptors (Lipinski definition) is 2. The maximum Gasteiger partial charge on any atom is 0.119 e. The molecule has 100 valence electrons. The predicted molar refractivity (Wildman–Crippen MR) is 76.2 cm³/mol. The smallest absolute Gasteiger partial charge is 0.119 e. The number of nitrogens with one attached hydrogen (secondary N) is 1. The summed E-state index contributed by atoms with van der Waals surface area (Å²) < 4.78 is 5.61. The van der Waals surface area contributed by atoms with E-state index in [0.29, 0.717) is 5.92 Å². The van der Waals surface area contributed by atoms with Crippen molar-refractivity contribution in [2.24, 2.45) is 5.92 Å². The molecule has 0 radical (unpaired) electrons. The fraction of sp³-hybridized carbons (Fsp3) is 0.625. The Hall–Kier alpha value is -1.02. The molecule has 1 saturated carbocycles. The van der Waals surface area contributed by atoms with Crippen molar-refractivity contribution in [3.8, 4) is 5.75 Å². The maximum absolute atomic E-state index is 5.61. The molecule has 0 amide bonds. The highest BCUT2D eigenvalue weighted by Crippen LogP contribution is 2.40. The van der Waals surface area contributed by atoms with Gasteiger partial charge in [-0.2, -0.15) is 0 Å². The molecule has 1 N–H and O–H groups in total. The summed E-state index contributed by atoms with van der Waals surface area (Å²) in [7, 11) is 0. The largest absolute Gasteiger partial charge is 0.494 e. The average molecular weight is 247 g/mol. The molecular weight excluding hydrogens is 222 g/mol. The molecule has 0 saturated heterocycles. The van der Waals surface area contributed by atoms with E-state index in [2.05, 4.69) is 36.5 Å². The van der Waals surface area contributed by atoms with Crippen LogP contribution in [0.25, 0.3) is 0 Å². The molecule has 2 unspecified atom stereocenters. The van der Waals surface area contributed by atoms with Gasteiger partial charge in [-0.05, 0) is 62.4 Å². The molecular formula is C16H25NO. The van der Waals surface area contributed by atoms with Crippen LogP contribution >= 0.6 is 0 Å².